The maximum absolute atomic E-state index is 14.0. The van der Waals surface area contributed by atoms with E-state index < -0.39 is 5.97 Å². The molecule has 1 amide bonds. The first kappa shape index (κ1) is 26.7. The van der Waals surface area contributed by atoms with Crippen LogP contribution in [0.15, 0.2) is 54.9 Å². The smallest absolute Gasteiger partial charge is 0.348 e. The van der Waals surface area contributed by atoms with Gasteiger partial charge in [-0.15, -0.1) is 11.3 Å². The Bertz CT molecular complexity index is 1460. The summed E-state index contributed by atoms with van der Waals surface area (Å²) in [6.45, 7) is 4.14. The first-order chi connectivity index (χ1) is 19.5. The molecule has 9 heteroatoms. The van der Waals surface area contributed by atoms with Crippen molar-refractivity contribution < 1.29 is 19.4 Å². The number of carboxylic acids is 1. The molecule has 6 rings (SSSR count). The van der Waals surface area contributed by atoms with Crippen LogP contribution in [0.3, 0.4) is 0 Å². The van der Waals surface area contributed by atoms with E-state index in [1.807, 2.05) is 48.7 Å². The van der Waals surface area contributed by atoms with Gasteiger partial charge in [0.25, 0.3) is 0 Å². The third kappa shape index (κ3) is 5.53. The fourth-order valence-corrected chi connectivity index (χ4v) is 6.88. The molecule has 4 aromatic rings. The summed E-state index contributed by atoms with van der Waals surface area (Å²) in [4.78, 5) is 33.6. The van der Waals surface area contributed by atoms with Gasteiger partial charge >= 0.3 is 5.97 Å². The minimum atomic E-state index is -0.998. The molecule has 0 atom stereocenters. The number of thiophene rings is 1. The van der Waals surface area contributed by atoms with E-state index >= 15 is 0 Å². The summed E-state index contributed by atoms with van der Waals surface area (Å²) in [5.41, 5.74) is 3.98. The summed E-state index contributed by atoms with van der Waals surface area (Å²) in [6.07, 6.45) is 9.17. The number of aromatic nitrogens is 3. The Kier molecular flexibility index (Phi) is 7.67. The van der Waals surface area contributed by atoms with E-state index in [0.29, 0.717) is 37.3 Å². The first-order valence-electron chi connectivity index (χ1n) is 14.1. The van der Waals surface area contributed by atoms with Crippen LogP contribution in [-0.2, 0) is 9.53 Å². The van der Waals surface area contributed by atoms with Crippen LogP contribution in [0.1, 0.15) is 55.1 Å². The van der Waals surface area contributed by atoms with Gasteiger partial charge in [0, 0.05) is 54.6 Å². The molecule has 1 aromatic carbocycles. The quantitative estimate of drug-likeness (QED) is 0.282. The highest BCUT2D eigenvalue weighted by atomic mass is 32.1. The number of carbonyl (C=O) groups excluding carboxylic acids is 1. The van der Waals surface area contributed by atoms with Crippen LogP contribution in [0.25, 0.3) is 27.3 Å². The number of carboxylic acid groups (broad SMARTS) is 1. The molecule has 1 aliphatic carbocycles. The number of hydrogen-bond donors (Lipinski definition) is 1. The van der Waals surface area contributed by atoms with Gasteiger partial charge in [-0.05, 0) is 68.1 Å². The molecular formula is C31H34N4O4S. The summed E-state index contributed by atoms with van der Waals surface area (Å²) in [7, 11) is 0. The van der Waals surface area contributed by atoms with Crippen LogP contribution < -0.4 is 4.90 Å². The van der Waals surface area contributed by atoms with E-state index in [9.17, 15) is 14.7 Å². The Morgan fingerprint density at radius 2 is 1.77 bits per heavy atom. The number of carbonyl (C=O) groups is 2. The van der Waals surface area contributed by atoms with Gasteiger partial charge in [0.2, 0.25) is 5.91 Å². The van der Waals surface area contributed by atoms with Crippen LogP contribution in [-0.4, -0.2) is 51.3 Å². The number of hydrogen-bond acceptors (Lipinski definition) is 6. The monoisotopic (exact) mass is 558 g/mol. The highest BCUT2D eigenvalue weighted by Crippen LogP contribution is 2.40. The summed E-state index contributed by atoms with van der Waals surface area (Å²) < 4.78 is 7.29. The van der Waals surface area contributed by atoms with Gasteiger partial charge in [-0.2, -0.15) is 5.10 Å². The third-order valence-corrected chi connectivity index (χ3v) is 9.47. The Labute approximate surface area is 237 Å². The number of ether oxygens (including phenoxy) is 1. The second-order valence-electron chi connectivity index (χ2n) is 11.1. The van der Waals surface area contributed by atoms with Gasteiger partial charge in [-0.1, -0.05) is 31.2 Å². The van der Waals surface area contributed by atoms with E-state index in [1.165, 1.54) is 11.3 Å². The van der Waals surface area contributed by atoms with Gasteiger partial charge in [-0.25, -0.2) is 14.3 Å². The maximum atomic E-state index is 14.0. The molecule has 1 N–H and O–H groups in total. The molecule has 8 nitrogen and oxygen atoms in total. The number of aromatic carboxylic acids is 1. The van der Waals surface area contributed by atoms with E-state index in [2.05, 4.69) is 17.0 Å². The summed E-state index contributed by atoms with van der Waals surface area (Å²) in [5, 5.41) is 14.8. The van der Waals surface area contributed by atoms with Crippen molar-refractivity contribution in [2.45, 2.75) is 45.4 Å². The summed E-state index contributed by atoms with van der Waals surface area (Å²) >= 11 is 1.23. The van der Waals surface area contributed by atoms with Gasteiger partial charge in [0.15, 0.2) is 5.65 Å². The van der Waals surface area contributed by atoms with E-state index in [-0.39, 0.29) is 16.7 Å². The molecule has 0 unspecified atom stereocenters. The van der Waals surface area contributed by atoms with Crippen molar-refractivity contribution in [1.29, 1.82) is 0 Å². The molecule has 1 aliphatic heterocycles. The van der Waals surface area contributed by atoms with Gasteiger partial charge in [0.05, 0.1) is 11.4 Å². The molecule has 2 fully saturated rings. The van der Waals surface area contributed by atoms with Gasteiger partial charge in [-0.3, -0.25) is 4.79 Å². The van der Waals surface area contributed by atoms with Gasteiger partial charge in [0.1, 0.15) is 4.88 Å². The van der Waals surface area contributed by atoms with Crippen LogP contribution >= 0.6 is 11.3 Å². The number of anilines is 1. The van der Waals surface area contributed by atoms with Crippen molar-refractivity contribution in [3.63, 3.8) is 0 Å². The predicted octanol–water partition coefficient (Wildman–Crippen LogP) is 6.41. The zero-order valence-corrected chi connectivity index (χ0v) is 23.5. The minimum absolute atomic E-state index is 0.0553. The minimum Gasteiger partial charge on any atom is -0.477 e. The largest absolute Gasteiger partial charge is 0.477 e. The van der Waals surface area contributed by atoms with Crippen LogP contribution in [0, 0.1) is 17.8 Å². The van der Waals surface area contributed by atoms with Crippen LogP contribution in [0.2, 0.25) is 0 Å². The Morgan fingerprint density at radius 1 is 1.05 bits per heavy atom. The second kappa shape index (κ2) is 11.5. The molecule has 1 saturated carbocycles. The zero-order valence-electron chi connectivity index (χ0n) is 22.7. The van der Waals surface area contributed by atoms with Gasteiger partial charge < -0.3 is 14.7 Å². The van der Waals surface area contributed by atoms with E-state index in [4.69, 9.17) is 4.74 Å². The lowest BCUT2D eigenvalue weighted by molar-refractivity contribution is -0.123. The average Bonchev–Trinajstić information content (AvgIpc) is 3.62. The maximum Gasteiger partial charge on any atom is 0.348 e. The van der Waals surface area contributed by atoms with Crippen LogP contribution in [0.5, 0.6) is 0 Å². The third-order valence-electron chi connectivity index (χ3n) is 8.31. The highest BCUT2D eigenvalue weighted by Gasteiger charge is 2.33. The normalized spacial score (nSPS) is 20.0. The number of nitrogens with zero attached hydrogens (tertiary/aromatic N) is 4. The fourth-order valence-electron chi connectivity index (χ4n) is 5.88. The number of fused-ring (bicyclic) bond motifs is 1. The Balaban J connectivity index is 1.31. The number of benzene rings is 1. The summed E-state index contributed by atoms with van der Waals surface area (Å²) in [6, 6.07) is 13.6. The topological polar surface area (TPSA) is 97.0 Å². The number of rotatable bonds is 7. The summed E-state index contributed by atoms with van der Waals surface area (Å²) in [5.74, 6) is -0.0528. The van der Waals surface area contributed by atoms with Crippen molar-refractivity contribution in [2.75, 3.05) is 24.7 Å². The van der Waals surface area contributed by atoms with Crippen molar-refractivity contribution in [3.05, 3.63) is 59.7 Å². The van der Waals surface area contributed by atoms with E-state index in [0.717, 1.165) is 65.9 Å². The lowest BCUT2D eigenvalue weighted by atomic mass is 9.82. The SMILES string of the molecule is CC1CCC(C(=O)N(CC2CCOCC2)c2cc(-c3ccc(-c4cc5ncccn5n4)cc3)sc2C(=O)O)CC1. The first-order valence-corrected chi connectivity index (χ1v) is 15.0. The van der Waals surface area contributed by atoms with Crippen molar-refractivity contribution in [2.24, 2.45) is 17.8 Å². The molecule has 40 heavy (non-hydrogen) atoms. The lowest BCUT2D eigenvalue weighted by Gasteiger charge is -2.34. The van der Waals surface area contributed by atoms with Crippen molar-refractivity contribution >= 4 is 34.5 Å². The molecule has 4 heterocycles. The molecular weight excluding hydrogens is 524 g/mol. The molecule has 1 saturated heterocycles. The zero-order chi connectivity index (χ0) is 27.6. The molecule has 0 radical (unpaired) electrons. The Hall–Kier alpha value is -3.56. The molecule has 3 aromatic heterocycles. The number of amides is 1. The standard InChI is InChI=1S/C31H34N4O4S/c1-20-3-5-24(6-4-20)30(36)34(19-21-11-15-39-16-12-21)26-18-27(40-29(26)31(37)38)23-9-7-22(8-10-23)25-17-28-32-13-2-14-35(28)33-25/h2,7-10,13-14,17-18,20-21,24H,3-6,11-12,15-16,19H2,1H3,(H,37,38). The van der Waals surface area contributed by atoms with Crippen molar-refractivity contribution in [3.8, 4) is 21.7 Å². The highest BCUT2D eigenvalue weighted by molar-refractivity contribution is 7.18. The molecule has 208 valence electrons. The predicted molar refractivity (Wildman–Crippen MR) is 156 cm³/mol. The average molecular weight is 559 g/mol. The van der Waals surface area contributed by atoms with E-state index in [1.54, 1.807) is 15.6 Å². The van der Waals surface area contributed by atoms with Crippen molar-refractivity contribution in [1.82, 2.24) is 14.6 Å². The molecule has 0 bridgehead atoms. The second-order valence-corrected chi connectivity index (χ2v) is 12.2. The van der Waals surface area contributed by atoms with Crippen LogP contribution in [0.4, 0.5) is 5.69 Å². The lowest BCUT2D eigenvalue weighted by Crippen LogP contribution is -2.42. The molecule has 2 aliphatic rings. The Morgan fingerprint density at radius 3 is 2.48 bits per heavy atom. The molecule has 0 spiro atoms. The fraction of sp³-hybridized carbons (Fsp3) is 0.419.